The van der Waals surface area contributed by atoms with E-state index in [1.54, 1.807) is 40.7 Å². The van der Waals surface area contributed by atoms with Crippen LogP contribution in [0.5, 0.6) is 0 Å². The number of allylic oxidation sites excluding steroid dienone is 1. The van der Waals surface area contributed by atoms with Crippen LogP contribution >= 0.6 is 0 Å². The van der Waals surface area contributed by atoms with Crippen LogP contribution in [0, 0.1) is 30.1 Å². The Labute approximate surface area is 208 Å². The molecule has 2 unspecified atom stereocenters. The van der Waals surface area contributed by atoms with Gasteiger partial charge in [-0.2, -0.15) is 0 Å². The summed E-state index contributed by atoms with van der Waals surface area (Å²) >= 11 is 0. The smallest absolute Gasteiger partial charge is 0.309 e. The second-order valence-corrected chi connectivity index (χ2v) is 10.5. The second-order valence-electron chi connectivity index (χ2n) is 10.5. The minimum Gasteiger partial charge on any atom is -0.458 e. The van der Waals surface area contributed by atoms with Crippen molar-refractivity contribution >= 4 is 17.8 Å². The number of aryl methyl sites for hydroxylation is 1. The summed E-state index contributed by atoms with van der Waals surface area (Å²) < 4.78 is 10.9. The van der Waals surface area contributed by atoms with E-state index in [-0.39, 0.29) is 24.0 Å². The Morgan fingerprint density at radius 3 is 2.43 bits per heavy atom. The molecular weight excluding hydrogens is 450 g/mol. The number of rotatable bonds is 2. The molecular formula is C27H41NO7. The summed E-state index contributed by atoms with van der Waals surface area (Å²) in [5, 5.41) is 32.4. The number of ether oxygens (including phenoxy) is 1. The van der Waals surface area contributed by atoms with Crippen molar-refractivity contribution < 1.29 is 34.1 Å². The van der Waals surface area contributed by atoms with Gasteiger partial charge in [0.15, 0.2) is 5.89 Å². The third kappa shape index (κ3) is 7.59. The molecule has 0 aliphatic carbocycles. The highest BCUT2D eigenvalue weighted by Crippen LogP contribution is 2.32. The zero-order valence-corrected chi connectivity index (χ0v) is 21.9. The highest BCUT2D eigenvalue weighted by Gasteiger charge is 2.42. The molecule has 1 aliphatic rings. The normalized spacial score (nSPS) is 34.0. The Hall–Kier alpha value is -2.29. The Kier molecular flexibility index (Phi) is 10.0. The Bertz CT molecular complexity index is 932. The van der Waals surface area contributed by atoms with Gasteiger partial charge in [-0.15, -0.1) is 0 Å². The van der Waals surface area contributed by atoms with E-state index in [1.807, 2.05) is 26.0 Å². The molecule has 3 N–H and O–H groups in total. The molecule has 8 heteroatoms. The average Bonchev–Trinajstić information content (AvgIpc) is 3.20. The summed E-state index contributed by atoms with van der Waals surface area (Å²) in [4.78, 5) is 30.2. The molecule has 1 aromatic heterocycles. The number of esters is 1. The SMILES string of the molecule is CC(=Cc1coc(C)n1)[C@@H]1CC(O)C(C)C=CC[C@H](C)[C@H](O)[C@@H](C)C(=O)C(C)(C)[C@@H](O)CC(=O)O1. The second kappa shape index (κ2) is 12.1. The lowest BCUT2D eigenvalue weighted by atomic mass is 9.73. The topological polar surface area (TPSA) is 130 Å². The molecule has 1 aromatic rings. The molecule has 0 amide bonds. The lowest BCUT2D eigenvalue weighted by Crippen LogP contribution is -2.45. The Balaban J connectivity index is 2.38. The maximum absolute atomic E-state index is 13.2. The summed E-state index contributed by atoms with van der Waals surface area (Å²) in [6, 6.07) is 0. The van der Waals surface area contributed by atoms with Crippen molar-refractivity contribution in [1.29, 1.82) is 0 Å². The summed E-state index contributed by atoms with van der Waals surface area (Å²) in [7, 11) is 0. The number of ketones is 1. The van der Waals surface area contributed by atoms with Gasteiger partial charge in [-0.25, -0.2) is 4.98 Å². The number of oxazole rings is 1. The van der Waals surface area contributed by atoms with Crippen LogP contribution in [0.3, 0.4) is 0 Å². The van der Waals surface area contributed by atoms with Gasteiger partial charge in [0.1, 0.15) is 23.8 Å². The first-order valence-corrected chi connectivity index (χ1v) is 12.3. The minimum atomic E-state index is -1.30. The standard InChI is InChI=1S/C27H41NO7/c1-15-9-8-10-16(2)25(32)18(4)26(33)27(6,7)23(30)13-24(31)35-22(12-21(15)29)17(3)11-20-14-34-19(5)28-20/h8-9,11,14-16,18,21-23,25,29-30,32H,10,12-13H2,1-7H3/t15?,16-,18+,21?,22-,23-,25-/m0/s1. The number of aliphatic hydroxyl groups excluding tert-OH is 3. The van der Waals surface area contributed by atoms with Crippen LogP contribution < -0.4 is 0 Å². The van der Waals surface area contributed by atoms with Crippen LogP contribution in [0.15, 0.2) is 28.4 Å². The fourth-order valence-electron chi connectivity index (χ4n) is 4.33. The first kappa shape index (κ1) is 28.9. The molecule has 0 saturated carbocycles. The lowest BCUT2D eigenvalue weighted by Gasteiger charge is -2.34. The first-order valence-electron chi connectivity index (χ1n) is 12.3. The van der Waals surface area contributed by atoms with Gasteiger partial charge in [0.25, 0.3) is 0 Å². The van der Waals surface area contributed by atoms with E-state index in [0.29, 0.717) is 23.6 Å². The molecule has 0 radical (unpaired) electrons. The van der Waals surface area contributed by atoms with Crippen LogP contribution in [-0.2, 0) is 14.3 Å². The number of hydrogen-bond donors (Lipinski definition) is 3. The fourth-order valence-corrected chi connectivity index (χ4v) is 4.33. The molecule has 0 fully saturated rings. The van der Waals surface area contributed by atoms with Gasteiger partial charge in [0.2, 0.25) is 0 Å². The van der Waals surface area contributed by atoms with Gasteiger partial charge in [0, 0.05) is 25.2 Å². The molecule has 2 rings (SSSR count). The number of cyclic esters (lactones) is 1. The van der Waals surface area contributed by atoms with Crippen molar-refractivity contribution in [3.63, 3.8) is 0 Å². The van der Waals surface area contributed by atoms with Crippen LogP contribution in [0.25, 0.3) is 6.08 Å². The third-order valence-corrected chi connectivity index (χ3v) is 7.14. The van der Waals surface area contributed by atoms with E-state index in [9.17, 15) is 24.9 Å². The predicted octanol–water partition coefficient (Wildman–Crippen LogP) is 3.62. The van der Waals surface area contributed by atoms with Crippen LogP contribution in [0.2, 0.25) is 0 Å². The van der Waals surface area contributed by atoms with Gasteiger partial charge in [-0.1, -0.05) is 46.8 Å². The van der Waals surface area contributed by atoms with Gasteiger partial charge in [-0.05, 0) is 30.9 Å². The summed E-state index contributed by atoms with van der Waals surface area (Å²) in [6.45, 7) is 12.0. The number of aromatic nitrogens is 1. The van der Waals surface area contributed by atoms with Gasteiger partial charge < -0.3 is 24.5 Å². The molecule has 196 valence electrons. The molecule has 0 saturated heterocycles. The largest absolute Gasteiger partial charge is 0.458 e. The van der Waals surface area contributed by atoms with Gasteiger partial charge in [-0.3, -0.25) is 9.59 Å². The quantitative estimate of drug-likeness (QED) is 0.422. The van der Waals surface area contributed by atoms with E-state index in [1.165, 1.54) is 6.26 Å². The summed E-state index contributed by atoms with van der Waals surface area (Å²) in [6.07, 6.45) is 3.50. The number of carbonyl (C=O) groups is 2. The van der Waals surface area contributed by atoms with E-state index in [2.05, 4.69) is 4.98 Å². The van der Waals surface area contributed by atoms with Crippen molar-refractivity contribution in [3.8, 4) is 0 Å². The Morgan fingerprint density at radius 1 is 1.17 bits per heavy atom. The number of carbonyl (C=O) groups excluding carboxylic acids is 2. The fraction of sp³-hybridized carbons (Fsp3) is 0.667. The van der Waals surface area contributed by atoms with Crippen LogP contribution in [-0.4, -0.2) is 56.5 Å². The van der Waals surface area contributed by atoms with Gasteiger partial charge in [0.05, 0.1) is 30.1 Å². The molecule has 35 heavy (non-hydrogen) atoms. The lowest BCUT2D eigenvalue weighted by molar-refractivity contribution is -0.155. The maximum Gasteiger partial charge on any atom is 0.309 e. The molecule has 0 aromatic carbocycles. The molecule has 2 heterocycles. The highest BCUT2D eigenvalue weighted by molar-refractivity contribution is 5.88. The first-order chi connectivity index (χ1) is 16.2. The molecule has 1 aliphatic heterocycles. The van der Waals surface area contributed by atoms with Crippen LogP contribution in [0.4, 0.5) is 0 Å². The molecule has 0 bridgehead atoms. The molecule has 0 spiro atoms. The van der Waals surface area contributed by atoms with Crippen molar-refractivity contribution in [3.05, 3.63) is 35.6 Å². The Morgan fingerprint density at radius 2 is 1.83 bits per heavy atom. The zero-order valence-electron chi connectivity index (χ0n) is 21.9. The van der Waals surface area contributed by atoms with Crippen molar-refractivity contribution in [2.75, 3.05) is 0 Å². The number of Topliss-reactive ketones (excluding diaryl/α,β-unsaturated/α-hetero) is 1. The molecule has 8 nitrogen and oxygen atoms in total. The van der Waals surface area contributed by atoms with E-state index in [4.69, 9.17) is 9.15 Å². The van der Waals surface area contributed by atoms with Gasteiger partial charge >= 0.3 is 5.97 Å². The zero-order chi connectivity index (χ0) is 26.5. The predicted molar refractivity (Wildman–Crippen MR) is 132 cm³/mol. The minimum absolute atomic E-state index is 0.143. The third-order valence-electron chi connectivity index (χ3n) is 7.14. The number of nitrogens with zero attached hydrogens (tertiary/aromatic N) is 1. The maximum atomic E-state index is 13.2. The summed E-state index contributed by atoms with van der Waals surface area (Å²) in [5.74, 6) is -1.66. The van der Waals surface area contributed by atoms with Crippen molar-refractivity contribution in [2.45, 2.75) is 92.1 Å². The van der Waals surface area contributed by atoms with Crippen molar-refractivity contribution in [1.82, 2.24) is 4.98 Å². The highest BCUT2D eigenvalue weighted by atomic mass is 16.5. The number of aliphatic hydroxyl groups is 3. The number of hydrogen-bond acceptors (Lipinski definition) is 8. The van der Waals surface area contributed by atoms with Crippen molar-refractivity contribution in [2.24, 2.45) is 23.2 Å². The average molecular weight is 492 g/mol. The monoisotopic (exact) mass is 491 g/mol. The van der Waals surface area contributed by atoms with E-state index >= 15 is 0 Å². The van der Waals surface area contributed by atoms with Crippen LogP contribution in [0.1, 0.15) is 72.4 Å². The van der Waals surface area contributed by atoms with E-state index in [0.717, 1.165) is 0 Å². The summed E-state index contributed by atoms with van der Waals surface area (Å²) in [5.41, 5.74) is -0.0317. The molecule has 7 atom stereocenters. The van der Waals surface area contributed by atoms with E-state index < -0.39 is 48.1 Å².